The molecule has 0 heterocycles. The number of amides is 1. The highest BCUT2D eigenvalue weighted by Gasteiger charge is 2.06. The summed E-state index contributed by atoms with van der Waals surface area (Å²) >= 11 is 1.49. The zero-order valence-corrected chi connectivity index (χ0v) is 12.9. The number of carbonyl (C=O) groups is 2. The number of ketones is 1. The molecule has 2 aromatic carbocycles. The van der Waals surface area contributed by atoms with Crippen LogP contribution in [0.3, 0.4) is 0 Å². The molecule has 2 aromatic rings. The monoisotopic (exact) mass is 299 g/mol. The number of carbonyl (C=O) groups excluding carboxylic acids is 2. The lowest BCUT2D eigenvalue weighted by Crippen LogP contribution is -2.05. The summed E-state index contributed by atoms with van der Waals surface area (Å²) in [5, 5.41) is 2.71. The van der Waals surface area contributed by atoms with Gasteiger partial charge in [0, 0.05) is 23.1 Å². The van der Waals surface area contributed by atoms with E-state index in [0.717, 1.165) is 21.7 Å². The molecule has 2 rings (SSSR count). The normalized spacial score (nSPS) is 10.2. The molecule has 0 aliphatic carbocycles. The van der Waals surface area contributed by atoms with Crippen molar-refractivity contribution in [2.75, 3.05) is 11.1 Å². The van der Waals surface area contributed by atoms with Crippen molar-refractivity contribution in [1.82, 2.24) is 0 Å². The van der Waals surface area contributed by atoms with Gasteiger partial charge in [0.25, 0.3) is 0 Å². The van der Waals surface area contributed by atoms with Crippen LogP contribution in [0.5, 0.6) is 0 Å². The van der Waals surface area contributed by atoms with Crippen LogP contribution in [0, 0.1) is 6.92 Å². The van der Waals surface area contributed by atoms with E-state index in [4.69, 9.17) is 0 Å². The van der Waals surface area contributed by atoms with Gasteiger partial charge in [-0.25, -0.2) is 0 Å². The molecule has 0 saturated heterocycles. The first kappa shape index (κ1) is 15.3. The van der Waals surface area contributed by atoms with Crippen molar-refractivity contribution in [2.24, 2.45) is 0 Å². The Balaban J connectivity index is 1.92. The Morgan fingerprint density at radius 3 is 2.19 bits per heavy atom. The number of hydrogen-bond donors (Lipinski definition) is 1. The van der Waals surface area contributed by atoms with E-state index in [9.17, 15) is 9.59 Å². The summed E-state index contributed by atoms with van der Waals surface area (Å²) in [5.41, 5.74) is 2.65. The highest BCUT2D eigenvalue weighted by molar-refractivity contribution is 8.00. The summed E-state index contributed by atoms with van der Waals surface area (Å²) in [4.78, 5) is 24.0. The molecule has 0 aliphatic heterocycles. The molecule has 0 spiro atoms. The summed E-state index contributed by atoms with van der Waals surface area (Å²) < 4.78 is 0. The molecule has 0 radical (unpaired) electrons. The Hall–Kier alpha value is -2.07. The standard InChI is InChI=1S/C17H17NO2S/c1-12-3-5-14(6-4-12)17(20)11-21-16-9-7-15(8-10-16)18-13(2)19/h3-10H,11H2,1-2H3,(H,18,19). The van der Waals surface area contributed by atoms with E-state index < -0.39 is 0 Å². The Kier molecular flexibility index (Phi) is 5.17. The maximum Gasteiger partial charge on any atom is 0.221 e. The van der Waals surface area contributed by atoms with E-state index in [0.29, 0.717) is 5.75 Å². The predicted octanol–water partition coefficient (Wildman–Crippen LogP) is 3.93. The first-order chi connectivity index (χ1) is 10.0. The first-order valence-electron chi connectivity index (χ1n) is 6.65. The second-order valence-electron chi connectivity index (χ2n) is 4.78. The highest BCUT2D eigenvalue weighted by atomic mass is 32.2. The Morgan fingerprint density at radius 2 is 1.62 bits per heavy atom. The summed E-state index contributed by atoms with van der Waals surface area (Å²) in [5.74, 6) is 0.429. The van der Waals surface area contributed by atoms with E-state index in [2.05, 4.69) is 5.32 Å². The van der Waals surface area contributed by atoms with Crippen molar-refractivity contribution in [3.05, 3.63) is 59.7 Å². The van der Waals surface area contributed by atoms with E-state index in [1.807, 2.05) is 55.5 Å². The molecule has 4 heteroatoms. The Bertz CT molecular complexity index is 633. The molecule has 0 aliphatic rings. The lowest BCUT2D eigenvalue weighted by molar-refractivity contribution is -0.114. The summed E-state index contributed by atoms with van der Waals surface area (Å²) in [6.07, 6.45) is 0. The minimum Gasteiger partial charge on any atom is -0.326 e. The zero-order valence-electron chi connectivity index (χ0n) is 12.1. The predicted molar refractivity (Wildman–Crippen MR) is 87.0 cm³/mol. The van der Waals surface area contributed by atoms with Gasteiger partial charge < -0.3 is 5.32 Å². The average Bonchev–Trinajstić information content (AvgIpc) is 2.46. The van der Waals surface area contributed by atoms with Gasteiger partial charge in [-0.1, -0.05) is 29.8 Å². The molecular weight excluding hydrogens is 282 g/mol. The number of hydrogen-bond acceptors (Lipinski definition) is 3. The molecule has 3 nitrogen and oxygen atoms in total. The number of Topliss-reactive ketones (excluding diaryl/α,β-unsaturated/α-hetero) is 1. The number of anilines is 1. The number of benzene rings is 2. The number of aryl methyl sites for hydroxylation is 1. The van der Waals surface area contributed by atoms with E-state index in [1.165, 1.54) is 18.7 Å². The van der Waals surface area contributed by atoms with Crippen LogP contribution in [-0.4, -0.2) is 17.4 Å². The van der Waals surface area contributed by atoms with Gasteiger partial charge in [0.2, 0.25) is 5.91 Å². The maximum absolute atomic E-state index is 12.1. The molecule has 0 bridgehead atoms. The Labute approximate surface area is 128 Å². The number of nitrogens with one attached hydrogen (secondary N) is 1. The third-order valence-electron chi connectivity index (χ3n) is 2.92. The van der Waals surface area contributed by atoms with Crippen molar-refractivity contribution in [1.29, 1.82) is 0 Å². The molecule has 0 aromatic heterocycles. The van der Waals surface area contributed by atoms with Crippen LogP contribution < -0.4 is 5.32 Å². The van der Waals surface area contributed by atoms with Crippen LogP contribution in [0.4, 0.5) is 5.69 Å². The largest absolute Gasteiger partial charge is 0.326 e. The topological polar surface area (TPSA) is 46.2 Å². The molecule has 21 heavy (non-hydrogen) atoms. The number of rotatable bonds is 5. The molecule has 0 saturated carbocycles. The Morgan fingerprint density at radius 1 is 1.00 bits per heavy atom. The quantitative estimate of drug-likeness (QED) is 0.672. The van der Waals surface area contributed by atoms with Crippen molar-refractivity contribution < 1.29 is 9.59 Å². The summed E-state index contributed by atoms with van der Waals surface area (Å²) in [6.45, 7) is 3.47. The van der Waals surface area contributed by atoms with Crippen molar-refractivity contribution in [3.8, 4) is 0 Å². The minimum atomic E-state index is -0.0926. The van der Waals surface area contributed by atoms with Crippen LogP contribution in [0.1, 0.15) is 22.8 Å². The second-order valence-corrected chi connectivity index (χ2v) is 5.83. The second kappa shape index (κ2) is 7.09. The minimum absolute atomic E-state index is 0.0926. The van der Waals surface area contributed by atoms with Crippen LogP contribution >= 0.6 is 11.8 Å². The third kappa shape index (κ3) is 4.76. The summed E-state index contributed by atoms with van der Waals surface area (Å²) in [6, 6.07) is 15.1. The molecule has 108 valence electrons. The average molecular weight is 299 g/mol. The van der Waals surface area contributed by atoms with Gasteiger partial charge in [-0.2, -0.15) is 0 Å². The van der Waals surface area contributed by atoms with Gasteiger partial charge in [0.1, 0.15) is 0 Å². The lowest BCUT2D eigenvalue weighted by Gasteiger charge is -2.05. The summed E-state index contributed by atoms with van der Waals surface area (Å²) in [7, 11) is 0. The lowest BCUT2D eigenvalue weighted by atomic mass is 10.1. The van der Waals surface area contributed by atoms with E-state index in [1.54, 1.807) is 0 Å². The number of thioether (sulfide) groups is 1. The fraction of sp³-hybridized carbons (Fsp3) is 0.176. The van der Waals surface area contributed by atoms with E-state index >= 15 is 0 Å². The van der Waals surface area contributed by atoms with E-state index in [-0.39, 0.29) is 11.7 Å². The SMILES string of the molecule is CC(=O)Nc1ccc(SCC(=O)c2ccc(C)cc2)cc1. The van der Waals surface area contributed by atoms with Gasteiger partial charge in [-0.05, 0) is 31.2 Å². The van der Waals surface area contributed by atoms with Gasteiger partial charge in [-0.15, -0.1) is 11.8 Å². The van der Waals surface area contributed by atoms with Gasteiger partial charge in [0.05, 0.1) is 5.75 Å². The molecule has 1 amide bonds. The van der Waals surface area contributed by atoms with Gasteiger partial charge >= 0.3 is 0 Å². The van der Waals surface area contributed by atoms with Crippen LogP contribution in [-0.2, 0) is 4.79 Å². The van der Waals surface area contributed by atoms with Crippen molar-refractivity contribution in [3.63, 3.8) is 0 Å². The zero-order chi connectivity index (χ0) is 15.2. The van der Waals surface area contributed by atoms with Gasteiger partial charge in [0.15, 0.2) is 5.78 Å². The first-order valence-corrected chi connectivity index (χ1v) is 7.63. The highest BCUT2D eigenvalue weighted by Crippen LogP contribution is 2.21. The van der Waals surface area contributed by atoms with Crippen LogP contribution in [0.15, 0.2) is 53.4 Å². The smallest absolute Gasteiger partial charge is 0.221 e. The molecule has 1 N–H and O–H groups in total. The van der Waals surface area contributed by atoms with Crippen molar-refractivity contribution >= 4 is 29.1 Å². The fourth-order valence-electron chi connectivity index (χ4n) is 1.81. The maximum atomic E-state index is 12.1. The third-order valence-corrected chi connectivity index (χ3v) is 3.93. The van der Waals surface area contributed by atoms with Crippen molar-refractivity contribution in [2.45, 2.75) is 18.7 Å². The van der Waals surface area contributed by atoms with Gasteiger partial charge in [-0.3, -0.25) is 9.59 Å². The fourth-order valence-corrected chi connectivity index (χ4v) is 2.60. The molecular formula is C17H17NO2S. The van der Waals surface area contributed by atoms with Crippen LogP contribution in [0.25, 0.3) is 0 Å². The molecule has 0 atom stereocenters. The van der Waals surface area contributed by atoms with Crippen LogP contribution in [0.2, 0.25) is 0 Å². The molecule has 0 fully saturated rings. The molecule has 0 unspecified atom stereocenters.